The van der Waals surface area contributed by atoms with Gasteiger partial charge in [0.25, 0.3) is 5.91 Å². The predicted molar refractivity (Wildman–Crippen MR) is 126 cm³/mol. The largest absolute Gasteiger partial charge is 0.493 e. The Morgan fingerprint density at radius 2 is 1.97 bits per heavy atom. The van der Waals surface area contributed by atoms with Crippen LogP contribution in [-0.4, -0.2) is 40.8 Å². The second-order valence-electron chi connectivity index (χ2n) is 9.42. The lowest BCUT2D eigenvalue weighted by Gasteiger charge is -2.32. The van der Waals surface area contributed by atoms with Crippen LogP contribution in [0.25, 0.3) is 10.9 Å². The first-order valence-electron chi connectivity index (χ1n) is 11.0. The number of aliphatic hydroxyl groups is 1. The molecule has 4 rings (SSSR count). The number of hydrogen-bond donors (Lipinski definition) is 3. The van der Waals surface area contributed by atoms with Gasteiger partial charge in [-0.3, -0.25) is 9.59 Å². The van der Waals surface area contributed by atoms with Crippen molar-refractivity contribution in [1.82, 2.24) is 4.98 Å². The van der Waals surface area contributed by atoms with Gasteiger partial charge < -0.3 is 25.3 Å². The molecule has 0 atom stereocenters. The molecule has 1 amide bonds. The van der Waals surface area contributed by atoms with E-state index in [0.717, 1.165) is 5.56 Å². The number of rotatable bonds is 7. The summed E-state index contributed by atoms with van der Waals surface area (Å²) in [6.07, 6.45) is 0.590. The number of carbonyl (C=O) groups excluding carboxylic acids is 2. The van der Waals surface area contributed by atoms with Crippen molar-refractivity contribution in [3.05, 3.63) is 63.8 Å². The van der Waals surface area contributed by atoms with Crippen LogP contribution in [0.5, 0.6) is 5.75 Å². The Morgan fingerprint density at radius 1 is 1.24 bits per heavy atom. The number of fused-ring (bicyclic) bond motifs is 4. The quantitative estimate of drug-likeness (QED) is 0.363. The number of H-pyrrole nitrogens is 1. The van der Waals surface area contributed by atoms with Crippen LogP contribution in [0, 0.1) is 11.3 Å². The zero-order chi connectivity index (χ0) is 24.8. The van der Waals surface area contributed by atoms with Gasteiger partial charge in [0.2, 0.25) is 0 Å². The molecule has 0 saturated carbocycles. The summed E-state index contributed by atoms with van der Waals surface area (Å²) in [5.41, 5.74) is 8.10. The van der Waals surface area contributed by atoms with Crippen molar-refractivity contribution in [1.29, 1.82) is 5.26 Å². The fourth-order valence-corrected chi connectivity index (χ4v) is 4.49. The Balaban J connectivity index is 1.71. The van der Waals surface area contributed by atoms with Crippen LogP contribution in [0.2, 0.25) is 0 Å². The first-order chi connectivity index (χ1) is 16.0. The van der Waals surface area contributed by atoms with Crippen LogP contribution in [0.3, 0.4) is 0 Å². The number of nitriles is 1. The summed E-state index contributed by atoms with van der Waals surface area (Å²) in [6.45, 7) is 7.86. The minimum Gasteiger partial charge on any atom is -0.493 e. The first-order valence-corrected chi connectivity index (χ1v) is 11.0. The van der Waals surface area contributed by atoms with Gasteiger partial charge in [-0.05, 0) is 43.7 Å². The number of carbonyl (C=O) groups is 2. The summed E-state index contributed by atoms with van der Waals surface area (Å²) < 4.78 is 11.2. The normalized spacial score (nSPS) is 14.4. The predicted octanol–water partition coefficient (Wildman–Crippen LogP) is 3.52. The minimum atomic E-state index is -1.18. The van der Waals surface area contributed by atoms with Crippen molar-refractivity contribution in [3.8, 4) is 11.8 Å². The van der Waals surface area contributed by atoms with Crippen molar-refractivity contribution < 1.29 is 24.2 Å². The summed E-state index contributed by atoms with van der Waals surface area (Å²) >= 11 is 0. The molecule has 1 heterocycles. The van der Waals surface area contributed by atoms with E-state index in [1.165, 1.54) is 6.07 Å². The number of nitrogens with two attached hydrogens (primary N) is 1. The summed E-state index contributed by atoms with van der Waals surface area (Å²) in [5.74, 6) is -1.46. The molecular weight excluding hydrogens is 434 g/mol. The molecular formula is C26H27N3O5. The maximum absolute atomic E-state index is 13.5. The maximum Gasteiger partial charge on any atom is 0.252 e. The number of primary amides is 1. The monoisotopic (exact) mass is 461 g/mol. The third-order valence-electron chi connectivity index (χ3n) is 6.12. The molecule has 0 aliphatic heterocycles. The minimum absolute atomic E-state index is 0.0827. The molecule has 0 unspecified atom stereocenters. The van der Waals surface area contributed by atoms with Crippen LogP contribution in [0.1, 0.15) is 77.2 Å². The van der Waals surface area contributed by atoms with Crippen LogP contribution in [0.4, 0.5) is 0 Å². The lowest BCUT2D eigenvalue weighted by Crippen LogP contribution is -2.30. The van der Waals surface area contributed by atoms with Gasteiger partial charge in [0, 0.05) is 28.5 Å². The zero-order valence-corrected chi connectivity index (χ0v) is 19.6. The van der Waals surface area contributed by atoms with E-state index in [2.05, 4.69) is 4.98 Å². The van der Waals surface area contributed by atoms with Crippen molar-refractivity contribution in [2.45, 2.75) is 45.3 Å². The van der Waals surface area contributed by atoms with Gasteiger partial charge >= 0.3 is 0 Å². The van der Waals surface area contributed by atoms with Crippen LogP contribution in [-0.2, 0) is 10.2 Å². The highest BCUT2D eigenvalue weighted by molar-refractivity contribution is 6.22. The Hall–Kier alpha value is -3.67. The summed E-state index contributed by atoms with van der Waals surface area (Å²) in [4.78, 5) is 28.9. The average molecular weight is 462 g/mol. The fourth-order valence-electron chi connectivity index (χ4n) is 4.49. The third-order valence-corrected chi connectivity index (χ3v) is 6.12. The van der Waals surface area contributed by atoms with E-state index in [9.17, 15) is 20.0 Å². The maximum atomic E-state index is 13.5. The number of ketones is 1. The fraction of sp³-hybridized carbons (Fsp3) is 0.346. The Morgan fingerprint density at radius 3 is 2.62 bits per heavy atom. The van der Waals surface area contributed by atoms with Crippen molar-refractivity contribution >= 4 is 22.6 Å². The number of benzene rings is 2. The average Bonchev–Trinajstić information content (AvgIpc) is 3.16. The Bertz CT molecular complexity index is 1360. The lowest BCUT2D eigenvalue weighted by molar-refractivity contribution is -0.176. The molecule has 8 heteroatoms. The number of aromatic amines is 1. The zero-order valence-electron chi connectivity index (χ0n) is 19.6. The lowest BCUT2D eigenvalue weighted by atomic mass is 9.71. The van der Waals surface area contributed by atoms with E-state index in [1.807, 2.05) is 26.0 Å². The van der Waals surface area contributed by atoms with Crippen LogP contribution in [0.15, 0.2) is 30.3 Å². The Labute approximate surface area is 197 Å². The molecule has 0 radical (unpaired) electrons. The van der Waals surface area contributed by atoms with Crippen LogP contribution >= 0.6 is 0 Å². The molecule has 176 valence electrons. The molecule has 8 nitrogen and oxygen atoms in total. The molecule has 0 fully saturated rings. The highest BCUT2D eigenvalue weighted by Gasteiger charge is 2.40. The third kappa shape index (κ3) is 3.94. The van der Waals surface area contributed by atoms with Gasteiger partial charge in [-0.25, -0.2) is 0 Å². The molecule has 0 bridgehead atoms. The van der Waals surface area contributed by atoms with E-state index in [0.29, 0.717) is 53.1 Å². The van der Waals surface area contributed by atoms with Gasteiger partial charge in [-0.15, -0.1) is 0 Å². The van der Waals surface area contributed by atoms with Gasteiger partial charge in [-0.1, -0.05) is 19.9 Å². The van der Waals surface area contributed by atoms with Crippen molar-refractivity contribution in [3.63, 3.8) is 0 Å². The number of nitrogens with zero attached hydrogens (tertiary/aromatic N) is 1. The highest BCUT2D eigenvalue weighted by Crippen LogP contribution is 2.45. The molecule has 4 N–H and O–H groups in total. The van der Waals surface area contributed by atoms with Gasteiger partial charge in [0.15, 0.2) is 11.6 Å². The van der Waals surface area contributed by atoms with E-state index in [-0.39, 0.29) is 16.9 Å². The SMILES string of the molecule is CC(C)(O)OCCCOc1ccc2c(c1)C(C)(C)c1[nH]c3c(C(N)=O)c(C#N)ccc3c1C2=O. The van der Waals surface area contributed by atoms with Crippen molar-refractivity contribution in [2.75, 3.05) is 13.2 Å². The summed E-state index contributed by atoms with van der Waals surface area (Å²) in [6, 6.07) is 10.6. The second-order valence-corrected chi connectivity index (χ2v) is 9.42. The molecule has 0 spiro atoms. The highest BCUT2D eigenvalue weighted by atomic mass is 16.6. The van der Waals surface area contributed by atoms with E-state index in [1.54, 1.807) is 32.0 Å². The molecule has 1 aliphatic rings. The molecule has 1 aliphatic carbocycles. The van der Waals surface area contributed by atoms with E-state index in [4.69, 9.17) is 15.2 Å². The molecule has 34 heavy (non-hydrogen) atoms. The number of nitrogens with one attached hydrogen (secondary N) is 1. The van der Waals surface area contributed by atoms with E-state index < -0.39 is 17.1 Å². The number of hydrogen-bond acceptors (Lipinski definition) is 6. The summed E-state index contributed by atoms with van der Waals surface area (Å²) in [5, 5.41) is 19.6. The van der Waals surface area contributed by atoms with E-state index >= 15 is 0 Å². The van der Waals surface area contributed by atoms with Gasteiger partial charge in [0.1, 0.15) is 11.8 Å². The first kappa shape index (κ1) is 23.5. The van der Waals surface area contributed by atoms with Crippen LogP contribution < -0.4 is 10.5 Å². The molecule has 2 aromatic carbocycles. The van der Waals surface area contributed by atoms with Gasteiger partial charge in [-0.2, -0.15) is 5.26 Å². The number of aromatic nitrogens is 1. The number of ether oxygens (including phenoxy) is 2. The Kier molecular flexibility index (Phi) is 5.72. The summed E-state index contributed by atoms with van der Waals surface area (Å²) in [7, 11) is 0. The number of amides is 1. The van der Waals surface area contributed by atoms with Crippen molar-refractivity contribution in [2.24, 2.45) is 5.73 Å². The smallest absolute Gasteiger partial charge is 0.252 e. The second kappa shape index (κ2) is 8.28. The standard InChI is InChI=1S/C26H27N3O5/c1-25(2)18-12-15(33-10-5-11-34-26(3,4)32)7-9-16(18)22(30)20-17-8-6-14(13-27)19(24(28)31)21(17)29-23(20)25/h6-9,12,29,32H,5,10-11H2,1-4H3,(H2,28,31). The van der Waals surface area contributed by atoms with Gasteiger partial charge in [0.05, 0.1) is 35.4 Å². The molecule has 3 aromatic rings. The topological polar surface area (TPSA) is 138 Å². The molecule has 0 saturated heterocycles. The molecule has 1 aromatic heterocycles.